The summed E-state index contributed by atoms with van der Waals surface area (Å²) in [6.07, 6.45) is -0.669. The maximum absolute atomic E-state index is 10.8. The number of phenolic OH excluding ortho intramolecular Hbond substituents is 1. The van der Waals surface area contributed by atoms with Crippen molar-refractivity contribution < 1.29 is 14.6 Å². The Morgan fingerprint density at radius 2 is 2.12 bits per heavy atom. The van der Waals surface area contributed by atoms with Crippen LogP contribution in [0.25, 0.3) is 0 Å². The van der Waals surface area contributed by atoms with Gasteiger partial charge < -0.3 is 9.84 Å². The normalized spacial score (nSPS) is 11.2. The molecule has 0 aromatic heterocycles. The molecule has 1 aromatic carbocycles. The molecule has 0 spiro atoms. The maximum atomic E-state index is 10.8. The first kappa shape index (κ1) is 14.0. The van der Waals surface area contributed by atoms with Gasteiger partial charge in [-0.3, -0.25) is 0 Å². The van der Waals surface area contributed by atoms with Crippen molar-refractivity contribution in [3.05, 3.63) is 26.6 Å². The second kappa shape index (κ2) is 6.02. The van der Waals surface area contributed by atoms with E-state index in [9.17, 15) is 9.90 Å². The smallest absolute Gasteiger partial charge is 0.427 e. The van der Waals surface area contributed by atoms with Gasteiger partial charge in [0.1, 0.15) is 5.75 Å². The molecule has 0 unspecified atom stereocenters. The van der Waals surface area contributed by atoms with Crippen molar-refractivity contribution in [3.63, 3.8) is 0 Å². The van der Waals surface area contributed by atoms with Gasteiger partial charge in [-0.15, -0.1) is 0 Å². The molecule has 1 rings (SSSR count). The SMILES string of the molecule is COC(=O)NN=C(C)c1cc(Br)cc(Br)c1O. The van der Waals surface area contributed by atoms with E-state index in [1.165, 1.54) is 7.11 Å². The monoisotopic (exact) mass is 364 g/mol. The van der Waals surface area contributed by atoms with Crippen molar-refractivity contribution in [3.8, 4) is 5.75 Å². The molecule has 1 aromatic rings. The lowest BCUT2D eigenvalue weighted by atomic mass is 10.1. The number of hydrogen-bond acceptors (Lipinski definition) is 4. The third kappa shape index (κ3) is 3.71. The van der Waals surface area contributed by atoms with Crippen LogP contribution in [0.4, 0.5) is 4.79 Å². The zero-order chi connectivity index (χ0) is 13.0. The van der Waals surface area contributed by atoms with Crippen LogP contribution in [-0.2, 0) is 4.74 Å². The van der Waals surface area contributed by atoms with Gasteiger partial charge in [-0.25, -0.2) is 10.2 Å². The number of hydrazone groups is 1. The molecule has 5 nitrogen and oxygen atoms in total. The van der Waals surface area contributed by atoms with E-state index < -0.39 is 6.09 Å². The number of halogens is 2. The van der Waals surface area contributed by atoms with Crippen molar-refractivity contribution in [2.24, 2.45) is 5.10 Å². The van der Waals surface area contributed by atoms with E-state index in [1.807, 2.05) is 0 Å². The molecule has 2 N–H and O–H groups in total. The molecule has 0 heterocycles. The summed E-state index contributed by atoms with van der Waals surface area (Å²) in [5, 5.41) is 13.6. The molecule has 0 atom stereocenters. The summed E-state index contributed by atoms with van der Waals surface area (Å²) in [7, 11) is 1.24. The second-order valence-electron chi connectivity index (χ2n) is 3.08. The molecule has 0 aliphatic carbocycles. The van der Waals surface area contributed by atoms with E-state index in [0.717, 1.165) is 4.47 Å². The van der Waals surface area contributed by atoms with E-state index in [4.69, 9.17) is 0 Å². The average Bonchev–Trinajstić information content (AvgIpc) is 2.30. The summed E-state index contributed by atoms with van der Waals surface area (Å²) in [5.41, 5.74) is 3.14. The number of nitrogens with one attached hydrogen (secondary N) is 1. The highest BCUT2D eigenvalue weighted by atomic mass is 79.9. The predicted octanol–water partition coefficient (Wildman–Crippen LogP) is 3.00. The molecule has 92 valence electrons. The molecule has 0 saturated heterocycles. The molecule has 0 fully saturated rings. The Balaban J connectivity index is 3.03. The van der Waals surface area contributed by atoms with E-state index in [0.29, 0.717) is 15.7 Å². The van der Waals surface area contributed by atoms with Crippen molar-refractivity contribution in [1.29, 1.82) is 0 Å². The highest BCUT2D eigenvalue weighted by Crippen LogP contribution is 2.31. The predicted molar refractivity (Wildman–Crippen MR) is 71.3 cm³/mol. The number of amides is 1. The van der Waals surface area contributed by atoms with Crippen LogP contribution in [0.5, 0.6) is 5.75 Å². The highest BCUT2D eigenvalue weighted by Gasteiger charge is 2.10. The molecule has 0 bridgehead atoms. The summed E-state index contributed by atoms with van der Waals surface area (Å²) in [5.74, 6) is 0.0566. The Bertz CT molecular complexity index is 475. The fourth-order valence-corrected chi connectivity index (χ4v) is 2.30. The number of carbonyl (C=O) groups is 1. The zero-order valence-electron chi connectivity index (χ0n) is 9.12. The summed E-state index contributed by atoms with van der Waals surface area (Å²) >= 11 is 6.51. The molecular formula is C10H10Br2N2O3. The van der Waals surface area contributed by atoms with Crippen LogP contribution in [0.1, 0.15) is 12.5 Å². The van der Waals surface area contributed by atoms with Gasteiger partial charge in [0.15, 0.2) is 0 Å². The first-order valence-electron chi connectivity index (χ1n) is 4.52. The van der Waals surface area contributed by atoms with Crippen molar-refractivity contribution in [2.45, 2.75) is 6.92 Å². The Morgan fingerprint density at radius 3 is 2.71 bits per heavy atom. The van der Waals surface area contributed by atoms with Crippen molar-refractivity contribution >= 4 is 43.7 Å². The third-order valence-electron chi connectivity index (χ3n) is 1.92. The number of ether oxygens (including phenoxy) is 1. The number of benzene rings is 1. The molecule has 0 saturated carbocycles. The number of phenols is 1. The first-order valence-corrected chi connectivity index (χ1v) is 6.11. The first-order chi connectivity index (χ1) is 7.95. The molecule has 7 heteroatoms. The van der Waals surface area contributed by atoms with Gasteiger partial charge >= 0.3 is 6.09 Å². The molecule has 1 amide bonds. The van der Waals surface area contributed by atoms with Crippen molar-refractivity contribution in [1.82, 2.24) is 5.43 Å². The summed E-state index contributed by atoms with van der Waals surface area (Å²) in [4.78, 5) is 10.8. The number of rotatable bonds is 2. The fourth-order valence-electron chi connectivity index (χ4n) is 1.08. The molecule has 0 aliphatic heterocycles. The average molecular weight is 366 g/mol. The Hall–Kier alpha value is -1.08. The number of aromatic hydroxyl groups is 1. The topological polar surface area (TPSA) is 70.9 Å². The second-order valence-corrected chi connectivity index (χ2v) is 4.85. The third-order valence-corrected chi connectivity index (χ3v) is 2.98. The van der Waals surface area contributed by atoms with Gasteiger partial charge in [-0.2, -0.15) is 5.10 Å². The van der Waals surface area contributed by atoms with Gasteiger partial charge in [0.2, 0.25) is 0 Å². The number of nitrogens with zero attached hydrogens (tertiary/aromatic N) is 1. The van der Waals surface area contributed by atoms with E-state index in [-0.39, 0.29) is 5.75 Å². The van der Waals surface area contributed by atoms with E-state index >= 15 is 0 Å². The lowest BCUT2D eigenvalue weighted by molar-refractivity contribution is 0.171. The zero-order valence-corrected chi connectivity index (χ0v) is 12.3. The van der Waals surface area contributed by atoms with Crippen LogP contribution in [0.15, 0.2) is 26.2 Å². The van der Waals surface area contributed by atoms with Crippen LogP contribution in [0.3, 0.4) is 0 Å². The Kier molecular flexibility index (Phi) is 4.95. The van der Waals surface area contributed by atoms with E-state index in [1.54, 1.807) is 19.1 Å². The largest absolute Gasteiger partial charge is 0.506 e. The van der Waals surface area contributed by atoms with Gasteiger partial charge in [-0.05, 0) is 35.0 Å². The van der Waals surface area contributed by atoms with Crippen molar-refractivity contribution in [2.75, 3.05) is 7.11 Å². The standard InChI is InChI=1S/C10H10Br2N2O3/c1-5(13-14-10(16)17-2)7-3-6(11)4-8(12)9(7)15/h3-4,15H,1-2H3,(H,14,16). The van der Waals surface area contributed by atoms with Gasteiger partial charge in [-0.1, -0.05) is 15.9 Å². The maximum Gasteiger partial charge on any atom is 0.427 e. The summed E-state index contributed by atoms with van der Waals surface area (Å²) in [6.45, 7) is 1.66. The van der Waals surface area contributed by atoms with Gasteiger partial charge in [0, 0.05) is 10.0 Å². The van der Waals surface area contributed by atoms with Gasteiger partial charge in [0.05, 0.1) is 17.3 Å². The Labute approximate surface area is 115 Å². The van der Waals surface area contributed by atoms with E-state index in [2.05, 4.69) is 47.1 Å². The molecule has 0 aliphatic rings. The quantitative estimate of drug-likeness (QED) is 0.625. The minimum Gasteiger partial charge on any atom is -0.506 e. The lowest BCUT2D eigenvalue weighted by Gasteiger charge is -2.07. The number of methoxy groups -OCH3 is 1. The van der Waals surface area contributed by atoms with Crippen LogP contribution >= 0.6 is 31.9 Å². The molecule has 17 heavy (non-hydrogen) atoms. The molecule has 0 radical (unpaired) electrons. The van der Waals surface area contributed by atoms with Crippen LogP contribution < -0.4 is 5.43 Å². The minimum atomic E-state index is -0.669. The van der Waals surface area contributed by atoms with Crippen LogP contribution in [0, 0.1) is 0 Å². The van der Waals surface area contributed by atoms with Gasteiger partial charge in [0.25, 0.3) is 0 Å². The van der Waals surface area contributed by atoms with Crippen LogP contribution in [-0.4, -0.2) is 24.0 Å². The number of hydrogen-bond donors (Lipinski definition) is 2. The van der Waals surface area contributed by atoms with Crippen LogP contribution in [0.2, 0.25) is 0 Å². The fraction of sp³-hybridized carbons (Fsp3) is 0.200. The summed E-state index contributed by atoms with van der Waals surface area (Å²) < 4.78 is 5.69. The molecular weight excluding hydrogens is 356 g/mol. The lowest BCUT2D eigenvalue weighted by Crippen LogP contribution is -2.18. The highest BCUT2D eigenvalue weighted by molar-refractivity contribution is 9.11. The Morgan fingerprint density at radius 1 is 1.47 bits per heavy atom. The minimum absolute atomic E-state index is 0.0566. The summed E-state index contributed by atoms with van der Waals surface area (Å²) in [6, 6.07) is 3.40. The number of carbonyl (C=O) groups excluding carboxylic acids is 1.